The van der Waals surface area contributed by atoms with Gasteiger partial charge in [0, 0.05) is 39.4 Å². The molecule has 4 aromatic rings. The van der Waals surface area contributed by atoms with E-state index in [9.17, 15) is 14.4 Å². The van der Waals surface area contributed by atoms with Crippen molar-refractivity contribution in [3.8, 4) is 17.2 Å². The Kier molecular flexibility index (Phi) is 19.5. The number of imide groups is 1. The van der Waals surface area contributed by atoms with Gasteiger partial charge in [0.25, 0.3) is 11.8 Å². The van der Waals surface area contributed by atoms with Crippen LogP contribution in [0.2, 0.25) is 10.0 Å². The van der Waals surface area contributed by atoms with Crippen LogP contribution < -0.4 is 5.73 Å². The zero-order chi connectivity index (χ0) is 51.4. The first-order valence-electron chi connectivity index (χ1n) is 25.3. The molecular weight excluding hydrogens is 908 g/mol. The lowest BCUT2D eigenvalue weighted by molar-refractivity contribution is -0.0176. The third-order valence-electron chi connectivity index (χ3n) is 15.7. The number of hydrogen-bond donors (Lipinski definition) is 2. The van der Waals surface area contributed by atoms with Gasteiger partial charge < -0.3 is 10.7 Å². The second-order valence-corrected chi connectivity index (χ2v) is 25.9. The maximum Gasteiger partial charge on any atom is 0.261 e. The van der Waals surface area contributed by atoms with Crippen molar-refractivity contribution >= 4 is 46.6 Å². The van der Waals surface area contributed by atoms with Gasteiger partial charge in [-0.15, -0.1) is 0 Å². The number of H-pyrrole nitrogens is 1. The number of amides is 2. The molecule has 9 heteroatoms. The molecule has 2 heterocycles. The van der Waals surface area contributed by atoms with Gasteiger partial charge in [-0.3, -0.25) is 19.3 Å². The monoisotopic (exact) mass is 993 g/mol. The number of nitrogens with zero attached hydrogens (tertiary/aromatic N) is 2. The summed E-state index contributed by atoms with van der Waals surface area (Å²) in [6, 6.07) is 23.4. The summed E-state index contributed by atoms with van der Waals surface area (Å²) in [6.07, 6.45) is 10.2. The van der Waals surface area contributed by atoms with Crippen molar-refractivity contribution in [1.29, 1.82) is 5.26 Å². The van der Waals surface area contributed by atoms with Gasteiger partial charge >= 0.3 is 0 Å². The first-order valence-corrected chi connectivity index (χ1v) is 26.1. The van der Waals surface area contributed by atoms with E-state index in [-0.39, 0.29) is 30.6 Å². The molecule has 0 spiro atoms. The first kappa shape index (κ1) is 58.2. The van der Waals surface area contributed by atoms with Crippen LogP contribution in [0.5, 0.6) is 0 Å². The quantitative estimate of drug-likeness (QED) is 0.135. The van der Waals surface area contributed by atoms with E-state index in [4.69, 9.17) is 34.2 Å². The van der Waals surface area contributed by atoms with Crippen molar-refractivity contribution in [2.45, 2.75) is 149 Å². The molecule has 2 amide bonds. The number of ketones is 1. The Bertz CT molecular complexity index is 2340. The Balaban J connectivity index is 0.000000233. The maximum atomic E-state index is 12.2. The normalized spacial score (nSPS) is 23.7. The van der Waals surface area contributed by atoms with Crippen molar-refractivity contribution in [2.75, 3.05) is 12.3 Å². The fourth-order valence-electron chi connectivity index (χ4n) is 12.2. The minimum absolute atomic E-state index is 0. The van der Waals surface area contributed by atoms with Gasteiger partial charge in [-0.05, 0) is 162 Å². The van der Waals surface area contributed by atoms with Crippen LogP contribution in [-0.4, -0.2) is 34.0 Å². The van der Waals surface area contributed by atoms with E-state index in [0.29, 0.717) is 50.3 Å². The van der Waals surface area contributed by atoms with Crippen molar-refractivity contribution in [3.05, 3.63) is 111 Å². The number of nitrogens with two attached hydrogens (primary N) is 1. The number of rotatable bonds is 8. The summed E-state index contributed by atoms with van der Waals surface area (Å²) in [7, 11) is 0. The van der Waals surface area contributed by atoms with Crippen LogP contribution in [0.4, 0.5) is 5.82 Å². The topological polar surface area (TPSA) is 120 Å². The number of benzene rings is 3. The van der Waals surface area contributed by atoms with E-state index in [0.717, 1.165) is 64.6 Å². The highest BCUT2D eigenvalue weighted by Gasteiger charge is 2.47. The molecule has 1 aliphatic heterocycles. The minimum Gasteiger partial charge on any atom is -0.385 e. The van der Waals surface area contributed by atoms with E-state index in [1.165, 1.54) is 42.4 Å². The van der Waals surface area contributed by atoms with Gasteiger partial charge in [-0.25, -0.2) is 0 Å². The molecule has 0 bridgehead atoms. The fourth-order valence-corrected chi connectivity index (χ4v) is 12.4. The fraction of sp³-hybridized carbons (Fsp3) is 0.574. The summed E-state index contributed by atoms with van der Waals surface area (Å²) in [4.78, 5) is 40.8. The lowest BCUT2D eigenvalue weighted by atomic mass is 9.54. The number of nitrogens with one attached hydrogen (secondary N) is 1. The van der Waals surface area contributed by atoms with Crippen molar-refractivity contribution in [1.82, 2.24) is 9.88 Å². The average molecular weight is 994 g/mol. The lowest BCUT2D eigenvalue weighted by Gasteiger charge is -2.51. The Morgan fingerprint density at radius 3 is 1.46 bits per heavy atom. The van der Waals surface area contributed by atoms with Crippen molar-refractivity contribution in [3.63, 3.8) is 0 Å². The van der Waals surface area contributed by atoms with Gasteiger partial charge in [0.05, 0.1) is 23.7 Å². The number of aromatic nitrogens is 1. The van der Waals surface area contributed by atoms with Crippen LogP contribution in [0, 0.1) is 80.3 Å². The third kappa shape index (κ3) is 14.4. The first-order chi connectivity index (χ1) is 32.0. The Morgan fingerprint density at radius 1 is 0.657 bits per heavy atom. The molecule has 0 saturated heterocycles. The van der Waals surface area contributed by atoms with Crippen molar-refractivity contribution in [2.24, 2.45) is 69.0 Å². The molecule has 7 rings (SSSR count). The van der Waals surface area contributed by atoms with Crippen LogP contribution in [0.15, 0.2) is 79.0 Å². The predicted octanol–water partition coefficient (Wildman–Crippen LogP) is 16.9. The van der Waals surface area contributed by atoms with Gasteiger partial charge in [0.1, 0.15) is 5.82 Å². The molecule has 70 heavy (non-hydrogen) atoms. The summed E-state index contributed by atoms with van der Waals surface area (Å²) in [5.74, 6) is 5.47. The van der Waals surface area contributed by atoms with Crippen LogP contribution in [0.25, 0.3) is 11.1 Å². The van der Waals surface area contributed by atoms with Gasteiger partial charge in [0.15, 0.2) is 5.78 Å². The van der Waals surface area contributed by atoms with Crippen LogP contribution in [0.3, 0.4) is 0 Å². The summed E-state index contributed by atoms with van der Waals surface area (Å²) >= 11 is 11.9. The highest BCUT2D eigenvalue weighted by molar-refractivity contribution is 6.31. The zero-order valence-corrected chi connectivity index (χ0v) is 45.7. The van der Waals surface area contributed by atoms with E-state index in [1.54, 1.807) is 48.5 Å². The number of nitriles is 1. The molecule has 382 valence electrons. The smallest absolute Gasteiger partial charge is 0.261 e. The molecule has 7 nitrogen and oxygen atoms in total. The van der Waals surface area contributed by atoms with E-state index >= 15 is 0 Å². The summed E-state index contributed by atoms with van der Waals surface area (Å²) in [6.45, 7) is 33.4. The average Bonchev–Trinajstić information content (AvgIpc) is 3.74. The van der Waals surface area contributed by atoms with Crippen LogP contribution >= 0.6 is 23.2 Å². The van der Waals surface area contributed by atoms with Crippen molar-refractivity contribution < 1.29 is 14.4 Å². The number of aromatic amines is 1. The number of Topliss-reactive ketones (excluding diaryl/α,β-unsaturated/α-hetero) is 1. The van der Waals surface area contributed by atoms with Crippen LogP contribution in [-0.2, 0) is 6.42 Å². The minimum atomic E-state index is -0.432. The molecular formula is C61H86Cl2N4O3. The molecule has 2 saturated carbocycles. The Labute approximate surface area is 433 Å². The van der Waals surface area contributed by atoms with E-state index in [1.807, 2.05) is 12.1 Å². The Hall–Kier alpha value is -4.38. The maximum absolute atomic E-state index is 12.2. The SMILES string of the molecule is C.CC1CC(C(C)(C)C)C(CCC#N)C(C(C)(C)C)C1.CC1CC(C(C)(C)C)C(Cc2c(-c3ccc(Cl)cc3)c[nH]c2N)C(C(C)(C)C)C1.O=C(CN1C(=O)c2ccccc2C1=O)c1ccc(Cl)cc1. The zero-order valence-electron chi connectivity index (χ0n) is 44.2. The summed E-state index contributed by atoms with van der Waals surface area (Å²) in [5, 5.41) is 10.3. The number of hydrogen-bond acceptors (Lipinski definition) is 5. The molecule has 3 aromatic carbocycles. The molecule has 2 fully saturated rings. The molecule has 2 aliphatic carbocycles. The number of carbonyl (C=O) groups excluding carboxylic acids is 3. The second-order valence-electron chi connectivity index (χ2n) is 25.0. The van der Waals surface area contributed by atoms with E-state index < -0.39 is 11.8 Å². The highest BCUT2D eigenvalue weighted by Crippen LogP contribution is 2.55. The van der Waals surface area contributed by atoms with E-state index in [2.05, 4.69) is 126 Å². The molecule has 0 radical (unpaired) electrons. The number of nitrogen functional groups attached to an aromatic ring is 1. The number of fused-ring (bicyclic) bond motifs is 1. The molecule has 3 aliphatic rings. The molecule has 3 N–H and O–H groups in total. The van der Waals surface area contributed by atoms with Gasteiger partial charge in [-0.1, -0.05) is 152 Å². The second kappa shape index (κ2) is 23.4. The highest BCUT2D eigenvalue weighted by atomic mass is 35.5. The molecule has 4 atom stereocenters. The summed E-state index contributed by atoms with van der Waals surface area (Å²) in [5.41, 5.74) is 12.5. The van der Waals surface area contributed by atoms with Crippen LogP contribution in [0.1, 0.15) is 180 Å². The lowest BCUT2D eigenvalue weighted by Crippen LogP contribution is -2.44. The summed E-state index contributed by atoms with van der Waals surface area (Å²) < 4.78 is 0. The van der Waals surface area contributed by atoms with Gasteiger partial charge in [-0.2, -0.15) is 5.26 Å². The standard InChI is InChI=1S/C26H39ClN2.C18H33N.C16H10ClNO3.CH4/c1-16-12-22(25(2,3)4)20(23(13-16)26(5,6)7)14-19-21(15-29-24(19)28)17-8-10-18(27)11-9-17;1-13-11-15(17(2,3)4)14(9-8-10-19)16(12-13)18(5,6)7;17-11-7-5-10(6-8-11)14(19)9-18-15(20)12-3-1-2-4-13(12)16(18)21;/h8-11,15-16,20,22-23,29H,12-14,28H2,1-7H3;13-16H,8-9,11-12H2,1-7H3;1-8H,9H2;1H4. The Morgan fingerprint density at radius 2 is 1.06 bits per heavy atom. The predicted molar refractivity (Wildman–Crippen MR) is 294 cm³/mol. The number of anilines is 1. The molecule has 1 aromatic heterocycles. The third-order valence-corrected chi connectivity index (χ3v) is 16.2. The van der Waals surface area contributed by atoms with Gasteiger partial charge in [0.2, 0.25) is 0 Å². The number of carbonyl (C=O) groups is 3. The largest absolute Gasteiger partial charge is 0.385 e. The molecule has 4 unspecified atom stereocenters. The number of halogens is 2.